The summed E-state index contributed by atoms with van der Waals surface area (Å²) in [5.74, 6) is 0.645. The largest absolute Gasteiger partial charge is 0.348 e. The second-order valence-corrected chi connectivity index (χ2v) is 5.79. The van der Waals surface area contributed by atoms with Crippen molar-refractivity contribution in [2.45, 2.75) is 13.0 Å². The van der Waals surface area contributed by atoms with Gasteiger partial charge in [0.1, 0.15) is 5.56 Å². The van der Waals surface area contributed by atoms with Crippen LogP contribution in [0, 0.1) is 0 Å². The molecule has 2 aromatic carbocycles. The summed E-state index contributed by atoms with van der Waals surface area (Å²) in [6, 6.07) is 23.8. The predicted octanol–water partition coefficient (Wildman–Crippen LogP) is 3.09. The third-order valence-electron chi connectivity index (χ3n) is 3.95. The molecule has 3 N–H and O–H groups in total. The number of carbonyl (C=O) groups excluding carboxylic acids is 1. The molecule has 0 aliphatic heterocycles. The van der Waals surface area contributed by atoms with Crippen molar-refractivity contribution in [3.05, 3.63) is 95.7 Å². The molecule has 1 amide bonds. The van der Waals surface area contributed by atoms with Crippen molar-refractivity contribution in [1.29, 1.82) is 0 Å². The van der Waals surface area contributed by atoms with E-state index in [-0.39, 0.29) is 5.91 Å². The lowest BCUT2D eigenvalue weighted by molar-refractivity contribution is -0.361. The summed E-state index contributed by atoms with van der Waals surface area (Å²) in [4.78, 5) is 15.6. The molecule has 0 spiro atoms. The van der Waals surface area contributed by atoms with E-state index in [2.05, 4.69) is 27.8 Å². The normalized spacial score (nSPS) is 10.2. The predicted molar refractivity (Wildman–Crippen MR) is 99.2 cm³/mol. The number of anilines is 1. The van der Waals surface area contributed by atoms with Crippen molar-refractivity contribution < 1.29 is 9.78 Å². The zero-order chi connectivity index (χ0) is 17.3. The molecule has 0 aliphatic rings. The van der Waals surface area contributed by atoms with Crippen LogP contribution in [0.5, 0.6) is 0 Å². The zero-order valence-electron chi connectivity index (χ0n) is 14.0. The van der Waals surface area contributed by atoms with Gasteiger partial charge in [-0.2, -0.15) is 0 Å². The first-order valence-corrected chi connectivity index (χ1v) is 8.43. The van der Waals surface area contributed by atoms with Crippen LogP contribution in [0.1, 0.15) is 21.5 Å². The maximum atomic E-state index is 12.5. The fourth-order valence-electron chi connectivity index (χ4n) is 2.62. The highest BCUT2D eigenvalue weighted by Gasteiger charge is 2.16. The number of benzene rings is 2. The molecule has 1 heterocycles. The molecule has 25 heavy (non-hydrogen) atoms. The Bertz CT molecular complexity index is 804. The monoisotopic (exact) mass is 332 g/mol. The molecule has 0 unspecified atom stereocenters. The molecule has 4 nitrogen and oxygen atoms in total. The van der Waals surface area contributed by atoms with Crippen molar-refractivity contribution >= 4 is 11.7 Å². The molecule has 0 fully saturated rings. The summed E-state index contributed by atoms with van der Waals surface area (Å²) in [6.45, 7) is 1.27. The van der Waals surface area contributed by atoms with E-state index in [9.17, 15) is 4.79 Å². The van der Waals surface area contributed by atoms with Gasteiger partial charge >= 0.3 is 0 Å². The number of hydrogen-bond donors (Lipinski definition) is 2. The van der Waals surface area contributed by atoms with Crippen LogP contribution in [0.15, 0.2) is 79.0 Å². The Morgan fingerprint density at radius 1 is 0.840 bits per heavy atom. The van der Waals surface area contributed by atoms with Gasteiger partial charge in [-0.25, -0.2) is 4.98 Å². The Morgan fingerprint density at radius 3 is 2.24 bits per heavy atom. The molecule has 0 bridgehead atoms. The lowest BCUT2D eigenvalue weighted by Gasteiger charge is -2.07. The van der Waals surface area contributed by atoms with Crippen LogP contribution < -0.4 is 15.6 Å². The highest BCUT2D eigenvalue weighted by Crippen LogP contribution is 2.09. The summed E-state index contributed by atoms with van der Waals surface area (Å²) >= 11 is 0. The average Bonchev–Trinajstić information content (AvgIpc) is 2.68. The lowest BCUT2D eigenvalue weighted by atomic mass is 10.1. The number of nitrogens with one attached hydrogen (secondary N) is 3. The smallest absolute Gasteiger partial charge is 0.285 e. The van der Waals surface area contributed by atoms with E-state index in [0.29, 0.717) is 12.1 Å². The first-order valence-electron chi connectivity index (χ1n) is 8.43. The Morgan fingerprint density at radius 2 is 1.52 bits per heavy atom. The Hall–Kier alpha value is -3.14. The number of H-pyrrole nitrogens is 1. The Balaban J connectivity index is 1.59. The molecule has 3 aromatic rings. The summed E-state index contributed by atoms with van der Waals surface area (Å²) in [6.07, 6.45) is 2.72. The van der Waals surface area contributed by atoms with Crippen molar-refractivity contribution in [2.75, 3.05) is 11.9 Å². The summed E-state index contributed by atoms with van der Waals surface area (Å²) in [7, 11) is 0. The van der Waals surface area contributed by atoms with E-state index >= 15 is 0 Å². The van der Waals surface area contributed by atoms with Gasteiger partial charge in [-0.05, 0) is 23.3 Å². The molecular weight excluding hydrogens is 310 g/mol. The Labute approximate surface area is 147 Å². The fourth-order valence-corrected chi connectivity index (χ4v) is 2.62. The van der Waals surface area contributed by atoms with Gasteiger partial charge in [-0.1, -0.05) is 60.7 Å². The minimum absolute atomic E-state index is 0.0945. The lowest BCUT2D eigenvalue weighted by Crippen LogP contribution is -2.27. The van der Waals surface area contributed by atoms with Crippen molar-refractivity contribution in [3.8, 4) is 0 Å². The number of rotatable bonds is 7. The van der Waals surface area contributed by atoms with Gasteiger partial charge in [0.15, 0.2) is 0 Å². The Kier molecular flexibility index (Phi) is 5.77. The fraction of sp³-hybridized carbons (Fsp3) is 0.143. The molecule has 0 radical (unpaired) electrons. The van der Waals surface area contributed by atoms with Gasteiger partial charge < -0.3 is 5.32 Å². The average molecular weight is 332 g/mol. The summed E-state index contributed by atoms with van der Waals surface area (Å²) < 4.78 is 0. The third kappa shape index (κ3) is 4.91. The van der Waals surface area contributed by atoms with E-state index < -0.39 is 0 Å². The zero-order valence-corrected chi connectivity index (χ0v) is 14.0. The van der Waals surface area contributed by atoms with Crippen molar-refractivity contribution in [3.63, 3.8) is 0 Å². The molecule has 3 rings (SSSR count). The van der Waals surface area contributed by atoms with E-state index in [4.69, 9.17) is 0 Å². The van der Waals surface area contributed by atoms with Crippen molar-refractivity contribution in [2.24, 2.45) is 0 Å². The first kappa shape index (κ1) is 16.7. The second kappa shape index (κ2) is 8.64. The molecule has 1 aromatic heterocycles. The quantitative estimate of drug-likeness (QED) is 0.698. The van der Waals surface area contributed by atoms with Crippen LogP contribution in [0.25, 0.3) is 0 Å². The maximum absolute atomic E-state index is 12.5. The number of aromatic amines is 1. The van der Waals surface area contributed by atoms with Crippen LogP contribution in [-0.2, 0) is 13.0 Å². The first-order chi connectivity index (χ1) is 12.3. The van der Waals surface area contributed by atoms with E-state index in [1.165, 1.54) is 5.56 Å². The van der Waals surface area contributed by atoms with E-state index in [1.54, 1.807) is 0 Å². The highest BCUT2D eigenvalue weighted by atomic mass is 16.1. The van der Waals surface area contributed by atoms with Gasteiger partial charge in [-0.3, -0.25) is 10.1 Å². The van der Waals surface area contributed by atoms with Crippen LogP contribution in [-0.4, -0.2) is 12.5 Å². The summed E-state index contributed by atoms with van der Waals surface area (Å²) in [5.41, 5.74) is 2.96. The standard InChI is InChI=1S/C21H21N3O/c25-21(24-16-18-10-5-2-6-11-18)19-12-7-14-22-20(19)23-15-13-17-8-3-1-4-9-17/h1-12,14H,13,15-16H2,(H,22,23)(H,24,25)/p+1. The molecule has 0 atom stereocenters. The molecule has 0 saturated carbocycles. The van der Waals surface area contributed by atoms with Crippen LogP contribution >= 0.6 is 0 Å². The molecule has 0 saturated heterocycles. The molecule has 126 valence electrons. The SMILES string of the molecule is O=C(NCc1ccccc1)c1ccc[nH+]c1NCCc1ccccc1. The number of hydrogen-bond acceptors (Lipinski definition) is 2. The van der Waals surface area contributed by atoms with Gasteiger partial charge in [-0.15, -0.1) is 0 Å². The minimum atomic E-state index is -0.0945. The molecular formula is C21H22N3O+. The minimum Gasteiger partial charge on any atom is -0.348 e. The maximum Gasteiger partial charge on any atom is 0.285 e. The van der Waals surface area contributed by atoms with Gasteiger partial charge in [0.2, 0.25) is 0 Å². The topological polar surface area (TPSA) is 55.3 Å². The van der Waals surface area contributed by atoms with Gasteiger partial charge in [0, 0.05) is 13.0 Å². The van der Waals surface area contributed by atoms with E-state index in [0.717, 1.165) is 24.3 Å². The summed E-state index contributed by atoms with van der Waals surface area (Å²) in [5, 5.41) is 6.29. The second-order valence-electron chi connectivity index (χ2n) is 5.79. The number of carbonyl (C=O) groups is 1. The number of pyridine rings is 1. The van der Waals surface area contributed by atoms with Crippen LogP contribution in [0.4, 0.5) is 5.82 Å². The molecule has 4 heteroatoms. The highest BCUT2D eigenvalue weighted by molar-refractivity contribution is 5.98. The number of aromatic nitrogens is 1. The van der Waals surface area contributed by atoms with E-state index in [1.807, 2.05) is 66.9 Å². The number of amides is 1. The third-order valence-corrected chi connectivity index (χ3v) is 3.95. The van der Waals surface area contributed by atoms with Crippen LogP contribution in [0.3, 0.4) is 0 Å². The van der Waals surface area contributed by atoms with Crippen molar-refractivity contribution in [1.82, 2.24) is 5.32 Å². The van der Waals surface area contributed by atoms with Gasteiger partial charge in [0.05, 0.1) is 12.7 Å². The van der Waals surface area contributed by atoms with Gasteiger partial charge in [0.25, 0.3) is 11.7 Å². The van der Waals surface area contributed by atoms with Crippen LogP contribution in [0.2, 0.25) is 0 Å². The molecule has 0 aliphatic carbocycles.